The number of benzene rings is 1. The van der Waals surface area contributed by atoms with Gasteiger partial charge in [0.25, 0.3) is 0 Å². The Labute approximate surface area is 156 Å². The molecule has 25 heavy (non-hydrogen) atoms. The highest BCUT2D eigenvalue weighted by Crippen LogP contribution is 2.15. The van der Waals surface area contributed by atoms with Crippen LogP contribution in [0.25, 0.3) is 0 Å². The Morgan fingerprint density at radius 1 is 0.760 bits per heavy atom. The van der Waals surface area contributed by atoms with Gasteiger partial charge in [0.2, 0.25) is 0 Å². The fourth-order valence-corrected chi connectivity index (χ4v) is 3.29. The minimum Gasteiger partial charge on any atom is -0.394 e. The van der Waals surface area contributed by atoms with Crippen molar-refractivity contribution >= 4 is 0 Å². The molecule has 0 radical (unpaired) electrons. The van der Waals surface area contributed by atoms with Crippen LogP contribution in [-0.2, 0) is 12.8 Å². The molecular weight excluding hydrogens is 306 g/mol. The Morgan fingerprint density at radius 2 is 1.20 bits per heavy atom. The van der Waals surface area contributed by atoms with Crippen LogP contribution in [0.1, 0.15) is 95.6 Å². The summed E-state index contributed by atoms with van der Waals surface area (Å²) in [4.78, 5) is 0. The van der Waals surface area contributed by atoms with Gasteiger partial charge >= 0.3 is 0 Å². The highest BCUT2D eigenvalue weighted by atomic mass is 16.3. The molecule has 0 aliphatic carbocycles. The summed E-state index contributed by atoms with van der Waals surface area (Å²) in [5.74, 6) is 0. The number of aryl methyl sites for hydroxylation is 2. The van der Waals surface area contributed by atoms with Gasteiger partial charge in [0.15, 0.2) is 0 Å². The van der Waals surface area contributed by atoms with E-state index in [-0.39, 0.29) is 6.61 Å². The lowest BCUT2D eigenvalue weighted by molar-refractivity contribution is 0.198. The van der Waals surface area contributed by atoms with Crippen molar-refractivity contribution in [3.63, 3.8) is 0 Å². The SMILES string of the molecule is CCCCCCCCCCCc1ccc(CCCC(C)(N)CO)cc1. The van der Waals surface area contributed by atoms with E-state index in [4.69, 9.17) is 5.73 Å². The van der Waals surface area contributed by atoms with Crippen molar-refractivity contribution in [2.75, 3.05) is 6.61 Å². The van der Waals surface area contributed by atoms with Crippen LogP contribution in [0, 0.1) is 0 Å². The molecule has 2 heteroatoms. The average Bonchev–Trinajstić information content (AvgIpc) is 2.61. The number of aliphatic hydroxyl groups is 1. The van der Waals surface area contributed by atoms with Crippen LogP contribution in [0.2, 0.25) is 0 Å². The summed E-state index contributed by atoms with van der Waals surface area (Å²) in [5.41, 5.74) is 8.38. The standard InChI is InChI=1S/C23H41NO/c1-3-4-5-6-7-8-9-10-11-13-21-15-17-22(18-16-21)14-12-19-23(2,24)20-25/h15-18,25H,3-14,19-20,24H2,1-2H3. The lowest BCUT2D eigenvalue weighted by Crippen LogP contribution is -2.40. The molecule has 2 nitrogen and oxygen atoms in total. The van der Waals surface area contributed by atoms with Crippen molar-refractivity contribution in [3.05, 3.63) is 35.4 Å². The molecule has 144 valence electrons. The fraction of sp³-hybridized carbons (Fsp3) is 0.739. The summed E-state index contributed by atoms with van der Waals surface area (Å²) in [6, 6.07) is 9.09. The Kier molecular flexibility index (Phi) is 11.9. The van der Waals surface area contributed by atoms with Crippen LogP contribution in [0.15, 0.2) is 24.3 Å². The molecule has 1 unspecified atom stereocenters. The molecule has 0 aromatic heterocycles. The van der Waals surface area contributed by atoms with Crippen LogP contribution >= 0.6 is 0 Å². The van der Waals surface area contributed by atoms with E-state index in [1.807, 2.05) is 6.92 Å². The van der Waals surface area contributed by atoms with Gasteiger partial charge in [-0.3, -0.25) is 0 Å². The summed E-state index contributed by atoms with van der Waals surface area (Å²) in [7, 11) is 0. The Bertz CT molecular complexity index is 424. The maximum Gasteiger partial charge on any atom is 0.0608 e. The van der Waals surface area contributed by atoms with Gasteiger partial charge < -0.3 is 10.8 Å². The van der Waals surface area contributed by atoms with Crippen molar-refractivity contribution in [1.82, 2.24) is 0 Å². The van der Waals surface area contributed by atoms with Gasteiger partial charge in [-0.25, -0.2) is 0 Å². The van der Waals surface area contributed by atoms with Crippen molar-refractivity contribution in [1.29, 1.82) is 0 Å². The molecule has 0 spiro atoms. The first-order valence-electron chi connectivity index (χ1n) is 10.5. The highest BCUT2D eigenvalue weighted by molar-refractivity contribution is 5.22. The number of unbranched alkanes of at least 4 members (excludes halogenated alkanes) is 8. The maximum atomic E-state index is 9.19. The number of rotatable bonds is 15. The smallest absolute Gasteiger partial charge is 0.0608 e. The van der Waals surface area contributed by atoms with Crippen LogP contribution in [0.5, 0.6) is 0 Å². The zero-order valence-corrected chi connectivity index (χ0v) is 16.7. The fourth-order valence-electron chi connectivity index (χ4n) is 3.29. The first-order valence-corrected chi connectivity index (χ1v) is 10.5. The average molecular weight is 348 g/mol. The van der Waals surface area contributed by atoms with Crippen LogP contribution < -0.4 is 5.73 Å². The second-order valence-electron chi connectivity index (χ2n) is 8.06. The molecule has 0 bridgehead atoms. The molecule has 0 amide bonds. The maximum absolute atomic E-state index is 9.19. The van der Waals surface area contributed by atoms with E-state index < -0.39 is 5.54 Å². The monoisotopic (exact) mass is 347 g/mol. The third kappa shape index (κ3) is 11.4. The summed E-state index contributed by atoms with van der Waals surface area (Å²) < 4.78 is 0. The van der Waals surface area contributed by atoms with E-state index in [1.165, 1.54) is 75.3 Å². The quantitative estimate of drug-likeness (QED) is 0.394. The third-order valence-corrected chi connectivity index (χ3v) is 5.17. The molecule has 0 saturated heterocycles. The van der Waals surface area contributed by atoms with Crippen molar-refractivity contribution in [2.45, 2.75) is 103 Å². The minimum absolute atomic E-state index is 0.0602. The van der Waals surface area contributed by atoms with E-state index >= 15 is 0 Å². The molecule has 0 aliphatic rings. The van der Waals surface area contributed by atoms with E-state index in [1.54, 1.807) is 0 Å². The van der Waals surface area contributed by atoms with Crippen molar-refractivity contribution in [2.24, 2.45) is 5.73 Å². The van der Waals surface area contributed by atoms with Crippen molar-refractivity contribution < 1.29 is 5.11 Å². The number of hydrogen-bond donors (Lipinski definition) is 2. The van der Waals surface area contributed by atoms with Gasteiger partial charge in [0.05, 0.1) is 6.61 Å². The molecular formula is C23H41NO. The predicted molar refractivity (Wildman–Crippen MR) is 110 cm³/mol. The predicted octanol–water partition coefficient (Wildman–Crippen LogP) is 5.79. The lowest BCUT2D eigenvalue weighted by Gasteiger charge is -2.21. The molecule has 1 atom stereocenters. The molecule has 0 aliphatic heterocycles. The first kappa shape index (κ1) is 22.2. The van der Waals surface area contributed by atoms with E-state index in [0.29, 0.717) is 0 Å². The molecule has 1 aromatic carbocycles. The summed E-state index contributed by atoms with van der Waals surface area (Å²) in [6.07, 6.45) is 16.7. The summed E-state index contributed by atoms with van der Waals surface area (Å²) in [6.45, 7) is 4.26. The van der Waals surface area contributed by atoms with Gasteiger partial charge in [0.1, 0.15) is 0 Å². The highest BCUT2D eigenvalue weighted by Gasteiger charge is 2.15. The van der Waals surface area contributed by atoms with Crippen LogP contribution in [-0.4, -0.2) is 17.3 Å². The molecule has 1 rings (SSSR count). The van der Waals surface area contributed by atoms with Gasteiger partial charge in [-0.1, -0.05) is 82.6 Å². The first-order chi connectivity index (χ1) is 12.1. The zero-order chi connectivity index (χ0) is 18.4. The van der Waals surface area contributed by atoms with Gasteiger partial charge in [-0.15, -0.1) is 0 Å². The van der Waals surface area contributed by atoms with E-state index in [9.17, 15) is 5.11 Å². The molecule has 0 fully saturated rings. The summed E-state index contributed by atoms with van der Waals surface area (Å²) >= 11 is 0. The second kappa shape index (κ2) is 13.4. The molecule has 0 heterocycles. The van der Waals surface area contributed by atoms with Crippen molar-refractivity contribution in [3.8, 4) is 0 Å². The number of nitrogens with two attached hydrogens (primary N) is 1. The van der Waals surface area contributed by atoms with Gasteiger partial charge in [-0.05, 0) is 50.2 Å². The molecule has 1 aromatic rings. The molecule has 3 N–H and O–H groups in total. The Balaban J connectivity index is 2.08. The number of aliphatic hydroxyl groups excluding tert-OH is 1. The lowest BCUT2D eigenvalue weighted by atomic mass is 9.95. The molecule has 0 saturated carbocycles. The van der Waals surface area contributed by atoms with Gasteiger partial charge in [-0.2, -0.15) is 0 Å². The normalized spacial score (nSPS) is 13.8. The van der Waals surface area contributed by atoms with Crippen LogP contribution in [0.3, 0.4) is 0 Å². The minimum atomic E-state index is -0.435. The van der Waals surface area contributed by atoms with E-state index in [2.05, 4.69) is 31.2 Å². The van der Waals surface area contributed by atoms with Gasteiger partial charge in [0, 0.05) is 5.54 Å². The zero-order valence-electron chi connectivity index (χ0n) is 16.7. The van der Waals surface area contributed by atoms with E-state index in [0.717, 1.165) is 19.3 Å². The largest absolute Gasteiger partial charge is 0.394 e. The van der Waals surface area contributed by atoms with Crippen LogP contribution in [0.4, 0.5) is 0 Å². The summed E-state index contributed by atoms with van der Waals surface area (Å²) in [5, 5.41) is 9.19. The Morgan fingerprint density at radius 3 is 1.68 bits per heavy atom. The topological polar surface area (TPSA) is 46.2 Å². The number of hydrogen-bond acceptors (Lipinski definition) is 2. The third-order valence-electron chi connectivity index (χ3n) is 5.17. The Hall–Kier alpha value is -0.860. The second-order valence-corrected chi connectivity index (χ2v) is 8.06.